The lowest BCUT2D eigenvalue weighted by Gasteiger charge is -2.09. The molecule has 0 aliphatic heterocycles. The molecule has 21 heavy (non-hydrogen) atoms. The normalized spacial score (nSPS) is 9.90. The van der Waals surface area contributed by atoms with Gasteiger partial charge in [-0.25, -0.2) is 13.2 Å². The van der Waals surface area contributed by atoms with Crippen molar-refractivity contribution in [2.75, 3.05) is 5.88 Å². The van der Waals surface area contributed by atoms with Gasteiger partial charge >= 0.3 is 0 Å². The molecule has 0 N–H and O–H groups in total. The van der Waals surface area contributed by atoms with Crippen LogP contribution in [0.25, 0.3) is 0 Å². The number of ether oxygens (including phenoxy) is 1. The minimum atomic E-state index is -0.685. The number of rotatable bonds is 3. The molecule has 5 heteroatoms. The highest BCUT2D eigenvalue weighted by Gasteiger charge is 2.06. The van der Waals surface area contributed by atoms with Gasteiger partial charge in [-0.3, -0.25) is 0 Å². The zero-order chi connectivity index (χ0) is 15.2. The molecule has 0 spiro atoms. The first-order chi connectivity index (χ1) is 10.1. The zero-order valence-corrected chi connectivity index (χ0v) is 11.6. The van der Waals surface area contributed by atoms with Crippen molar-refractivity contribution in [2.24, 2.45) is 0 Å². The van der Waals surface area contributed by atoms with Gasteiger partial charge in [-0.05, 0) is 35.9 Å². The third-order valence-electron chi connectivity index (χ3n) is 2.55. The number of alkyl halides is 1. The Morgan fingerprint density at radius 2 is 1.67 bits per heavy atom. The van der Waals surface area contributed by atoms with Crippen molar-refractivity contribution in [2.45, 2.75) is 6.61 Å². The molecule has 0 saturated heterocycles. The summed E-state index contributed by atoms with van der Waals surface area (Å²) in [6.07, 6.45) is 0. The summed E-state index contributed by atoms with van der Waals surface area (Å²) in [4.78, 5) is 0. The molecule has 0 radical (unpaired) electrons. The Morgan fingerprint density at radius 1 is 0.952 bits per heavy atom. The van der Waals surface area contributed by atoms with E-state index in [1.807, 2.05) is 0 Å². The summed E-state index contributed by atoms with van der Waals surface area (Å²) in [5.41, 5.74) is 0.653. The van der Waals surface area contributed by atoms with Crippen molar-refractivity contribution in [3.63, 3.8) is 0 Å². The third-order valence-corrected chi connectivity index (χ3v) is 2.68. The minimum Gasteiger partial charge on any atom is -0.488 e. The number of benzene rings is 2. The van der Waals surface area contributed by atoms with Crippen LogP contribution in [0.3, 0.4) is 0 Å². The van der Waals surface area contributed by atoms with Crippen LogP contribution in [-0.4, -0.2) is 5.88 Å². The van der Waals surface area contributed by atoms with E-state index in [0.717, 1.165) is 18.2 Å². The minimum absolute atomic E-state index is 0.0597. The van der Waals surface area contributed by atoms with Crippen LogP contribution < -0.4 is 4.74 Å². The highest BCUT2D eigenvalue weighted by atomic mass is 35.5. The number of hydrogen-bond donors (Lipinski definition) is 0. The molecule has 2 rings (SSSR count). The van der Waals surface area contributed by atoms with Crippen LogP contribution >= 0.6 is 11.6 Å². The monoisotopic (exact) mass is 310 g/mol. The van der Waals surface area contributed by atoms with E-state index in [-0.39, 0.29) is 12.5 Å². The number of hydrogen-bond acceptors (Lipinski definition) is 1. The van der Waals surface area contributed by atoms with Crippen LogP contribution in [0.5, 0.6) is 5.75 Å². The highest BCUT2D eigenvalue weighted by Crippen LogP contribution is 2.20. The molecule has 0 aromatic heterocycles. The summed E-state index contributed by atoms with van der Waals surface area (Å²) in [5.74, 6) is 3.85. The van der Waals surface area contributed by atoms with E-state index >= 15 is 0 Å². The van der Waals surface area contributed by atoms with E-state index in [9.17, 15) is 13.2 Å². The van der Waals surface area contributed by atoms with Crippen LogP contribution in [-0.2, 0) is 6.61 Å². The summed E-state index contributed by atoms with van der Waals surface area (Å²) in [6.45, 7) is -0.0597. The van der Waals surface area contributed by atoms with Gasteiger partial charge in [-0.1, -0.05) is 11.8 Å². The van der Waals surface area contributed by atoms with Crippen molar-refractivity contribution in [3.8, 4) is 17.6 Å². The second kappa shape index (κ2) is 7.05. The Hall–Kier alpha value is -2.12. The van der Waals surface area contributed by atoms with Gasteiger partial charge in [-0.2, -0.15) is 0 Å². The summed E-state index contributed by atoms with van der Waals surface area (Å²) in [7, 11) is 0. The van der Waals surface area contributed by atoms with E-state index < -0.39 is 17.5 Å². The first-order valence-corrected chi connectivity index (χ1v) is 6.54. The molecule has 0 aliphatic rings. The largest absolute Gasteiger partial charge is 0.488 e. The van der Waals surface area contributed by atoms with Crippen LogP contribution in [0, 0.1) is 29.3 Å². The van der Waals surface area contributed by atoms with Crippen molar-refractivity contribution >= 4 is 11.6 Å². The molecule has 0 amide bonds. The maximum absolute atomic E-state index is 13.2. The molecular formula is C16H10ClF3O. The van der Waals surface area contributed by atoms with E-state index in [2.05, 4.69) is 11.8 Å². The average Bonchev–Trinajstić information content (AvgIpc) is 2.43. The first-order valence-electron chi connectivity index (χ1n) is 6.00. The lowest BCUT2D eigenvalue weighted by molar-refractivity contribution is 0.303. The molecule has 1 nitrogen and oxygen atoms in total. The predicted molar refractivity (Wildman–Crippen MR) is 74.7 cm³/mol. The molecule has 0 heterocycles. The Bertz CT molecular complexity index is 684. The van der Waals surface area contributed by atoms with E-state index in [4.69, 9.17) is 16.3 Å². The predicted octanol–water partition coefficient (Wildman–Crippen LogP) is 4.27. The van der Waals surface area contributed by atoms with E-state index in [0.29, 0.717) is 16.9 Å². The summed E-state index contributed by atoms with van der Waals surface area (Å²) in [6, 6.07) is 6.93. The molecule has 108 valence electrons. The Morgan fingerprint density at radius 3 is 2.33 bits per heavy atom. The zero-order valence-electron chi connectivity index (χ0n) is 10.8. The van der Waals surface area contributed by atoms with Crippen LogP contribution in [0.1, 0.15) is 11.1 Å². The quantitative estimate of drug-likeness (QED) is 0.607. The maximum atomic E-state index is 13.2. The standard InChI is InChI=1S/C16H10ClF3O/c17-5-1-2-12-8-13(18)3-4-16(12)21-10-11-6-14(19)9-15(20)7-11/h3-4,6-9H,5,10H2. The van der Waals surface area contributed by atoms with Gasteiger partial charge in [0.25, 0.3) is 0 Å². The third kappa shape index (κ3) is 4.44. The van der Waals surface area contributed by atoms with Gasteiger partial charge in [-0.15, -0.1) is 11.6 Å². The Kier molecular flexibility index (Phi) is 5.13. The van der Waals surface area contributed by atoms with Crippen LogP contribution in [0.2, 0.25) is 0 Å². The average molecular weight is 311 g/mol. The topological polar surface area (TPSA) is 9.23 Å². The first kappa shape index (κ1) is 15.3. The van der Waals surface area contributed by atoms with Gasteiger partial charge in [0.15, 0.2) is 0 Å². The molecule has 0 atom stereocenters. The van der Waals surface area contributed by atoms with Crippen molar-refractivity contribution in [3.05, 3.63) is 65.0 Å². The lowest BCUT2D eigenvalue weighted by Crippen LogP contribution is -1.99. The molecule has 0 aliphatic carbocycles. The van der Waals surface area contributed by atoms with Gasteiger partial charge in [0, 0.05) is 6.07 Å². The van der Waals surface area contributed by atoms with Crippen molar-refractivity contribution in [1.82, 2.24) is 0 Å². The van der Waals surface area contributed by atoms with Crippen LogP contribution in [0.4, 0.5) is 13.2 Å². The summed E-state index contributed by atoms with van der Waals surface area (Å²) in [5, 5.41) is 0. The van der Waals surface area contributed by atoms with Gasteiger partial charge in [0.1, 0.15) is 29.8 Å². The molecule has 0 saturated carbocycles. The van der Waals surface area contributed by atoms with Crippen LogP contribution in [0.15, 0.2) is 36.4 Å². The summed E-state index contributed by atoms with van der Waals surface area (Å²) < 4.78 is 44.8. The molecule has 2 aromatic carbocycles. The van der Waals surface area contributed by atoms with Crippen molar-refractivity contribution in [1.29, 1.82) is 0 Å². The molecule has 0 fully saturated rings. The van der Waals surface area contributed by atoms with E-state index in [1.165, 1.54) is 18.2 Å². The summed E-state index contributed by atoms with van der Waals surface area (Å²) >= 11 is 5.46. The fourth-order valence-corrected chi connectivity index (χ4v) is 1.78. The number of halogens is 4. The highest BCUT2D eigenvalue weighted by molar-refractivity contribution is 6.19. The molecular weight excluding hydrogens is 301 g/mol. The molecule has 0 unspecified atom stereocenters. The second-order valence-electron chi connectivity index (χ2n) is 4.14. The van der Waals surface area contributed by atoms with Gasteiger partial charge < -0.3 is 4.74 Å². The smallest absolute Gasteiger partial charge is 0.135 e. The SMILES string of the molecule is Fc1cc(F)cc(COc2ccc(F)cc2C#CCCl)c1. The second-order valence-corrected chi connectivity index (χ2v) is 4.41. The Balaban J connectivity index is 2.19. The molecule has 0 bridgehead atoms. The fraction of sp³-hybridized carbons (Fsp3) is 0.125. The van der Waals surface area contributed by atoms with Gasteiger partial charge in [0.05, 0.1) is 11.4 Å². The fourth-order valence-electron chi connectivity index (χ4n) is 1.71. The molecule has 2 aromatic rings. The van der Waals surface area contributed by atoms with E-state index in [1.54, 1.807) is 0 Å². The van der Waals surface area contributed by atoms with Crippen molar-refractivity contribution < 1.29 is 17.9 Å². The maximum Gasteiger partial charge on any atom is 0.135 e. The lowest BCUT2D eigenvalue weighted by atomic mass is 10.2. The van der Waals surface area contributed by atoms with Gasteiger partial charge in [0.2, 0.25) is 0 Å². The Labute approximate surface area is 125 Å².